The van der Waals surface area contributed by atoms with Crippen molar-refractivity contribution in [1.82, 2.24) is 0 Å². The van der Waals surface area contributed by atoms with E-state index in [1.165, 1.54) is 11.3 Å². The van der Waals surface area contributed by atoms with Crippen molar-refractivity contribution < 1.29 is 0 Å². The van der Waals surface area contributed by atoms with Crippen LogP contribution in [-0.2, 0) is 0 Å². The molecule has 1 atom stereocenters. The molecule has 0 heterocycles. The number of para-hydroxylation sites is 1. The minimum Gasteiger partial charge on any atom is -0.368 e. The van der Waals surface area contributed by atoms with Crippen molar-refractivity contribution in [2.24, 2.45) is 5.73 Å². The summed E-state index contributed by atoms with van der Waals surface area (Å²) in [4.78, 5) is 2.35. The molecule has 0 spiro atoms. The lowest BCUT2D eigenvalue weighted by atomic mass is 10.0. The molecule has 2 N–H and O–H groups in total. The highest BCUT2D eigenvalue weighted by atomic mass is 15.1. The zero-order chi connectivity index (χ0) is 12.7. The van der Waals surface area contributed by atoms with Crippen LogP contribution in [0, 0.1) is 0 Å². The molecule has 0 bridgehead atoms. The van der Waals surface area contributed by atoms with Crippen LogP contribution in [-0.4, -0.2) is 13.1 Å². The maximum absolute atomic E-state index is 6.17. The first-order valence-electron chi connectivity index (χ1n) is 6.44. The van der Waals surface area contributed by atoms with E-state index in [4.69, 9.17) is 5.73 Å². The molecule has 0 aliphatic heterocycles. The highest BCUT2D eigenvalue weighted by Gasteiger charge is 2.13. The Morgan fingerprint density at radius 1 is 1.35 bits per heavy atom. The SMILES string of the molecule is C=CCN(CCC)c1ccccc1C(N)CC. The molecule has 0 aliphatic carbocycles. The van der Waals surface area contributed by atoms with Crippen LogP contribution in [0.2, 0.25) is 0 Å². The summed E-state index contributed by atoms with van der Waals surface area (Å²) in [5, 5.41) is 0. The average Bonchev–Trinajstić information content (AvgIpc) is 2.37. The van der Waals surface area contributed by atoms with E-state index in [-0.39, 0.29) is 6.04 Å². The van der Waals surface area contributed by atoms with Gasteiger partial charge in [0.1, 0.15) is 0 Å². The number of nitrogens with zero attached hydrogens (tertiary/aromatic N) is 1. The fraction of sp³-hybridized carbons (Fsp3) is 0.467. The van der Waals surface area contributed by atoms with Gasteiger partial charge in [0.2, 0.25) is 0 Å². The number of hydrogen-bond donors (Lipinski definition) is 1. The molecule has 0 fully saturated rings. The van der Waals surface area contributed by atoms with Gasteiger partial charge in [0.25, 0.3) is 0 Å². The van der Waals surface area contributed by atoms with E-state index >= 15 is 0 Å². The zero-order valence-electron chi connectivity index (χ0n) is 11.0. The summed E-state index contributed by atoms with van der Waals surface area (Å²) in [6.07, 6.45) is 4.04. The van der Waals surface area contributed by atoms with Crippen LogP contribution in [0.1, 0.15) is 38.3 Å². The van der Waals surface area contributed by atoms with E-state index < -0.39 is 0 Å². The van der Waals surface area contributed by atoms with Gasteiger partial charge in [-0.1, -0.05) is 38.1 Å². The highest BCUT2D eigenvalue weighted by Crippen LogP contribution is 2.26. The van der Waals surface area contributed by atoms with Gasteiger partial charge in [-0.15, -0.1) is 6.58 Å². The summed E-state index contributed by atoms with van der Waals surface area (Å²) in [5.74, 6) is 0. The van der Waals surface area contributed by atoms with Gasteiger partial charge in [-0.3, -0.25) is 0 Å². The largest absolute Gasteiger partial charge is 0.368 e. The lowest BCUT2D eigenvalue weighted by Gasteiger charge is -2.27. The van der Waals surface area contributed by atoms with Gasteiger partial charge in [0.15, 0.2) is 0 Å². The third-order valence-electron chi connectivity index (χ3n) is 2.96. The Morgan fingerprint density at radius 3 is 2.65 bits per heavy atom. The molecule has 94 valence electrons. The second-order valence-electron chi connectivity index (χ2n) is 4.31. The number of rotatable bonds is 7. The monoisotopic (exact) mass is 232 g/mol. The van der Waals surface area contributed by atoms with Crippen LogP contribution in [0.25, 0.3) is 0 Å². The third-order valence-corrected chi connectivity index (χ3v) is 2.96. The maximum Gasteiger partial charge on any atom is 0.0417 e. The quantitative estimate of drug-likeness (QED) is 0.729. The normalized spacial score (nSPS) is 12.2. The fourth-order valence-corrected chi connectivity index (χ4v) is 2.04. The topological polar surface area (TPSA) is 29.3 Å². The highest BCUT2D eigenvalue weighted by molar-refractivity contribution is 5.55. The van der Waals surface area contributed by atoms with Crippen molar-refractivity contribution in [2.75, 3.05) is 18.0 Å². The molecule has 17 heavy (non-hydrogen) atoms. The maximum atomic E-state index is 6.17. The predicted molar refractivity (Wildman–Crippen MR) is 76.4 cm³/mol. The fourth-order valence-electron chi connectivity index (χ4n) is 2.04. The van der Waals surface area contributed by atoms with E-state index in [0.717, 1.165) is 25.9 Å². The predicted octanol–water partition coefficient (Wildman–Crippen LogP) is 3.50. The van der Waals surface area contributed by atoms with E-state index in [1.807, 2.05) is 6.08 Å². The molecule has 1 aromatic rings. The Bertz CT molecular complexity index is 347. The summed E-state index contributed by atoms with van der Waals surface area (Å²) < 4.78 is 0. The van der Waals surface area contributed by atoms with Crippen molar-refractivity contribution in [3.8, 4) is 0 Å². The molecular weight excluding hydrogens is 208 g/mol. The van der Waals surface area contributed by atoms with Crippen molar-refractivity contribution >= 4 is 5.69 Å². The van der Waals surface area contributed by atoms with Gasteiger partial charge in [0, 0.05) is 24.8 Å². The Balaban J connectivity index is 3.03. The molecule has 1 rings (SSSR count). The molecule has 0 aromatic heterocycles. The van der Waals surface area contributed by atoms with Crippen molar-refractivity contribution in [1.29, 1.82) is 0 Å². The molecule has 2 nitrogen and oxygen atoms in total. The van der Waals surface area contributed by atoms with Gasteiger partial charge < -0.3 is 10.6 Å². The lowest BCUT2D eigenvalue weighted by Crippen LogP contribution is -2.26. The summed E-state index contributed by atoms with van der Waals surface area (Å²) in [7, 11) is 0. The summed E-state index contributed by atoms with van der Waals surface area (Å²) in [5.41, 5.74) is 8.67. The summed E-state index contributed by atoms with van der Waals surface area (Å²) >= 11 is 0. The van der Waals surface area contributed by atoms with Gasteiger partial charge in [0.05, 0.1) is 0 Å². The van der Waals surface area contributed by atoms with Gasteiger partial charge in [-0.2, -0.15) is 0 Å². The number of hydrogen-bond acceptors (Lipinski definition) is 2. The van der Waals surface area contributed by atoms with Gasteiger partial charge in [-0.25, -0.2) is 0 Å². The number of benzene rings is 1. The van der Waals surface area contributed by atoms with Crippen LogP contribution >= 0.6 is 0 Å². The molecule has 0 radical (unpaired) electrons. The molecule has 0 amide bonds. The van der Waals surface area contributed by atoms with E-state index in [0.29, 0.717) is 0 Å². The molecule has 2 heteroatoms. The van der Waals surface area contributed by atoms with Crippen molar-refractivity contribution in [2.45, 2.75) is 32.7 Å². The van der Waals surface area contributed by atoms with Crippen LogP contribution in [0.15, 0.2) is 36.9 Å². The van der Waals surface area contributed by atoms with Crippen molar-refractivity contribution in [3.63, 3.8) is 0 Å². The summed E-state index contributed by atoms with van der Waals surface area (Å²) in [6, 6.07) is 8.55. The Hall–Kier alpha value is -1.28. The average molecular weight is 232 g/mol. The van der Waals surface area contributed by atoms with Gasteiger partial charge >= 0.3 is 0 Å². The third kappa shape index (κ3) is 3.60. The molecule has 1 aromatic carbocycles. The minimum atomic E-state index is 0.121. The summed E-state index contributed by atoms with van der Waals surface area (Å²) in [6.45, 7) is 10.1. The zero-order valence-corrected chi connectivity index (χ0v) is 11.0. The van der Waals surface area contributed by atoms with Crippen LogP contribution in [0.4, 0.5) is 5.69 Å². The standard InChI is InChI=1S/C15H24N2/c1-4-11-17(12-5-2)15-10-8-7-9-13(15)14(16)6-3/h4,7-10,14H,1,5-6,11-12,16H2,2-3H3. The molecule has 0 saturated carbocycles. The number of anilines is 1. The van der Waals surface area contributed by atoms with Crippen LogP contribution in [0.5, 0.6) is 0 Å². The second kappa shape index (κ2) is 7.13. The Kier molecular flexibility index (Phi) is 5.78. The van der Waals surface area contributed by atoms with Crippen LogP contribution in [0.3, 0.4) is 0 Å². The first-order chi connectivity index (χ1) is 8.24. The minimum absolute atomic E-state index is 0.121. The van der Waals surface area contributed by atoms with Crippen LogP contribution < -0.4 is 10.6 Å². The Morgan fingerprint density at radius 2 is 2.06 bits per heavy atom. The molecule has 0 aliphatic rings. The van der Waals surface area contributed by atoms with Crippen molar-refractivity contribution in [3.05, 3.63) is 42.5 Å². The first kappa shape index (κ1) is 13.8. The number of nitrogens with two attached hydrogens (primary N) is 1. The molecule has 1 unspecified atom stereocenters. The Labute approximate surface area is 105 Å². The smallest absolute Gasteiger partial charge is 0.0417 e. The van der Waals surface area contributed by atoms with E-state index in [2.05, 4.69) is 49.6 Å². The lowest BCUT2D eigenvalue weighted by molar-refractivity contribution is 0.690. The van der Waals surface area contributed by atoms with E-state index in [1.54, 1.807) is 0 Å². The molecule has 0 saturated heterocycles. The van der Waals surface area contributed by atoms with Gasteiger partial charge in [-0.05, 0) is 24.5 Å². The first-order valence-corrected chi connectivity index (χ1v) is 6.44. The molecular formula is C15H24N2. The second-order valence-corrected chi connectivity index (χ2v) is 4.31. The van der Waals surface area contributed by atoms with E-state index in [9.17, 15) is 0 Å².